The van der Waals surface area contributed by atoms with Crippen molar-refractivity contribution in [3.05, 3.63) is 36.5 Å². The van der Waals surface area contributed by atoms with E-state index in [0.29, 0.717) is 24.3 Å². The quantitative estimate of drug-likeness (QED) is 0.775. The van der Waals surface area contributed by atoms with E-state index < -0.39 is 0 Å². The van der Waals surface area contributed by atoms with Gasteiger partial charge in [-0.1, -0.05) is 12.1 Å². The molecule has 1 aromatic carbocycles. The van der Waals surface area contributed by atoms with E-state index in [4.69, 9.17) is 4.52 Å². The van der Waals surface area contributed by atoms with Crippen molar-refractivity contribution < 1.29 is 4.52 Å². The molecule has 21 heavy (non-hydrogen) atoms. The Balaban J connectivity index is 1.81. The Kier molecular flexibility index (Phi) is 3.87. The molecule has 0 spiro atoms. The summed E-state index contributed by atoms with van der Waals surface area (Å²) in [5, 5.41) is 7.35. The minimum absolute atomic E-state index is 0.427. The Morgan fingerprint density at radius 2 is 2.00 bits per heavy atom. The molecule has 0 radical (unpaired) electrons. The van der Waals surface area contributed by atoms with Crippen molar-refractivity contribution in [3.8, 4) is 11.4 Å². The van der Waals surface area contributed by atoms with Crippen LogP contribution in [0.3, 0.4) is 0 Å². The second kappa shape index (κ2) is 5.97. The van der Waals surface area contributed by atoms with Crippen LogP contribution in [0.1, 0.15) is 26.2 Å². The summed E-state index contributed by atoms with van der Waals surface area (Å²) in [5.41, 5.74) is 2.55. The second-order valence-electron chi connectivity index (χ2n) is 4.96. The maximum atomic E-state index is 5.27. The average Bonchev–Trinajstić information content (AvgIpc) is 3.01. The number of hydrogen-bond acceptors (Lipinski definition) is 6. The zero-order chi connectivity index (χ0) is 14.7. The zero-order valence-electron chi connectivity index (χ0n) is 12.1. The summed E-state index contributed by atoms with van der Waals surface area (Å²) in [6.45, 7) is 4.84. The van der Waals surface area contributed by atoms with Crippen LogP contribution in [0.2, 0.25) is 0 Å². The highest BCUT2D eigenvalue weighted by Gasteiger charge is 2.10. The number of aromatic nitrogens is 4. The molecule has 2 heterocycles. The van der Waals surface area contributed by atoms with E-state index in [0.717, 1.165) is 23.0 Å². The van der Waals surface area contributed by atoms with Crippen LogP contribution < -0.4 is 5.32 Å². The standard InChI is InChI=1S/C15H17N5O/c1-3-10(2)18-9-14-19-15(20-21-14)11-4-5-12-13(8-11)17-7-6-16-12/h4-8,10,18H,3,9H2,1-2H3. The van der Waals surface area contributed by atoms with Gasteiger partial charge in [0.05, 0.1) is 17.6 Å². The van der Waals surface area contributed by atoms with Gasteiger partial charge in [-0.05, 0) is 31.5 Å². The van der Waals surface area contributed by atoms with Crippen LogP contribution in [0.5, 0.6) is 0 Å². The van der Waals surface area contributed by atoms with Gasteiger partial charge in [0.15, 0.2) is 0 Å². The summed E-state index contributed by atoms with van der Waals surface area (Å²) < 4.78 is 5.27. The first-order valence-electron chi connectivity index (χ1n) is 7.03. The van der Waals surface area contributed by atoms with Crippen LogP contribution >= 0.6 is 0 Å². The molecule has 1 N–H and O–H groups in total. The van der Waals surface area contributed by atoms with Gasteiger partial charge in [0.25, 0.3) is 0 Å². The van der Waals surface area contributed by atoms with E-state index in [2.05, 4.69) is 39.3 Å². The Morgan fingerprint density at radius 3 is 2.81 bits per heavy atom. The summed E-state index contributed by atoms with van der Waals surface area (Å²) in [7, 11) is 0. The lowest BCUT2D eigenvalue weighted by molar-refractivity contribution is 0.358. The van der Waals surface area contributed by atoms with Crippen LogP contribution in [0.4, 0.5) is 0 Å². The van der Waals surface area contributed by atoms with E-state index in [1.807, 2.05) is 18.2 Å². The second-order valence-corrected chi connectivity index (χ2v) is 4.96. The van der Waals surface area contributed by atoms with Crippen molar-refractivity contribution >= 4 is 11.0 Å². The minimum atomic E-state index is 0.427. The first-order chi connectivity index (χ1) is 10.3. The molecule has 3 rings (SSSR count). The highest BCUT2D eigenvalue weighted by Crippen LogP contribution is 2.19. The summed E-state index contributed by atoms with van der Waals surface area (Å²) in [4.78, 5) is 12.9. The number of benzene rings is 1. The van der Waals surface area contributed by atoms with Gasteiger partial charge in [-0.3, -0.25) is 9.97 Å². The molecule has 0 bridgehead atoms. The summed E-state index contributed by atoms with van der Waals surface area (Å²) in [6.07, 6.45) is 4.41. The van der Waals surface area contributed by atoms with Crippen molar-refractivity contribution in [3.63, 3.8) is 0 Å². The lowest BCUT2D eigenvalue weighted by Crippen LogP contribution is -2.24. The van der Waals surface area contributed by atoms with E-state index in [1.54, 1.807) is 12.4 Å². The average molecular weight is 283 g/mol. The SMILES string of the molecule is CCC(C)NCc1nc(-c2ccc3nccnc3c2)no1. The van der Waals surface area contributed by atoms with Gasteiger partial charge < -0.3 is 9.84 Å². The number of nitrogens with zero attached hydrogens (tertiary/aromatic N) is 4. The smallest absolute Gasteiger partial charge is 0.240 e. The molecule has 1 unspecified atom stereocenters. The molecule has 108 valence electrons. The normalized spacial score (nSPS) is 12.7. The molecule has 3 aromatic rings. The third kappa shape index (κ3) is 3.05. The molecule has 6 nitrogen and oxygen atoms in total. The van der Waals surface area contributed by atoms with E-state index in [1.165, 1.54) is 0 Å². The monoisotopic (exact) mass is 283 g/mol. The van der Waals surface area contributed by atoms with Gasteiger partial charge in [-0.15, -0.1) is 0 Å². The molecule has 2 aromatic heterocycles. The maximum absolute atomic E-state index is 5.27. The Morgan fingerprint density at radius 1 is 1.19 bits per heavy atom. The predicted molar refractivity (Wildman–Crippen MR) is 79.4 cm³/mol. The van der Waals surface area contributed by atoms with Crippen molar-refractivity contribution in [2.45, 2.75) is 32.9 Å². The van der Waals surface area contributed by atoms with Crippen LogP contribution in [-0.4, -0.2) is 26.2 Å². The maximum Gasteiger partial charge on any atom is 0.240 e. The Bertz CT molecular complexity index is 740. The van der Waals surface area contributed by atoms with Gasteiger partial charge in [0, 0.05) is 24.0 Å². The van der Waals surface area contributed by atoms with E-state index in [9.17, 15) is 0 Å². The molecule has 0 saturated heterocycles. The molecule has 0 aliphatic rings. The molecule has 0 aliphatic carbocycles. The van der Waals surface area contributed by atoms with E-state index in [-0.39, 0.29) is 0 Å². The summed E-state index contributed by atoms with van der Waals surface area (Å²) >= 11 is 0. The Hall–Kier alpha value is -2.34. The third-order valence-corrected chi connectivity index (χ3v) is 3.41. The van der Waals surface area contributed by atoms with Crippen molar-refractivity contribution in [1.29, 1.82) is 0 Å². The highest BCUT2D eigenvalue weighted by atomic mass is 16.5. The van der Waals surface area contributed by atoms with E-state index >= 15 is 0 Å². The molecule has 0 fully saturated rings. The predicted octanol–water partition coefficient (Wildman–Crippen LogP) is 2.57. The van der Waals surface area contributed by atoms with Crippen LogP contribution in [0, 0.1) is 0 Å². The fraction of sp³-hybridized carbons (Fsp3) is 0.333. The van der Waals surface area contributed by atoms with Gasteiger partial charge in [0.1, 0.15) is 0 Å². The largest absolute Gasteiger partial charge is 0.338 e. The Labute approximate surface area is 122 Å². The number of rotatable bonds is 5. The van der Waals surface area contributed by atoms with Gasteiger partial charge in [-0.2, -0.15) is 4.98 Å². The molecule has 0 saturated carbocycles. The summed E-state index contributed by atoms with van der Waals surface area (Å²) in [6, 6.07) is 6.18. The van der Waals surface area contributed by atoms with Gasteiger partial charge in [0.2, 0.25) is 11.7 Å². The third-order valence-electron chi connectivity index (χ3n) is 3.41. The van der Waals surface area contributed by atoms with Crippen molar-refractivity contribution in [2.75, 3.05) is 0 Å². The lowest BCUT2D eigenvalue weighted by Gasteiger charge is -2.07. The number of hydrogen-bond donors (Lipinski definition) is 1. The fourth-order valence-corrected chi connectivity index (χ4v) is 1.95. The highest BCUT2D eigenvalue weighted by molar-refractivity contribution is 5.79. The van der Waals surface area contributed by atoms with Crippen LogP contribution in [-0.2, 0) is 6.54 Å². The number of nitrogens with one attached hydrogen (secondary N) is 1. The lowest BCUT2D eigenvalue weighted by atomic mass is 10.2. The fourth-order valence-electron chi connectivity index (χ4n) is 1.95. The van der Waals surface area contributed by atoms with Crippen molar-refractivity contribution in [1.82, 2.24) is 25.4 Å². The molecule has 6 heteroatoms. The molecule has 0 aliphatic heterocycles. The molecular weight excluding hydrogens is 266 g/mol. The minimum Gasteiger partial charge on any atom is -0.338 e. The van der Waals surface area contributed by atoms with Crippen molar-refractivity contribution in [2.24, 2.45) is 0 Å². The first-order valence-corrected chi connectivity index (χ1v) is 7.03. The van der Waals surface area contributed by atoms with Crippen LogP contribution in [0.15, 0.2) is 35.1 Å². The zero-order valence-corrected chi connectivity index (χ0v) is 12.1. The topological polar surface area (TPSA) is 76.7 Å². The molecule has 0 amide bonds. The number of fused-ring (bicyclic) bond motifs is 1. The van der Waals surface area contributed by atoms with Gasteiger partial charge in [-0.25, -0.2) is 0 Å². The summed E-state index contributed by atoms with van der Waals surface area (Å²) in [5.74, 6) is 1.16. The first kappa shape index (κ1) is 13.6. The van der Waals surface area contributed by atoms with Gasteiger partial charge >= 0.3 is 0 Å². The van der Waals surface area contributed by atoms with Crippen LogP contribution in [0.25, 0.3) is 22.4 Å². The molecular formula is C15H17N5O. The molecule has 1 atom stereocenters.